The average molecular weight is 2380 g/mol. The number of nitrogens with zero attached hydrogens (tertiary/aromatic N) is 16. The second-order valence-electron chi connectivity index (χ2n) is 29.8. The Morgan fingerprint density at radius 3 is 1.15 bits per heavy atom. The zero-order chi connectivity index (χ0) is 86.1. The van der Waals surface area contributed by atoms with E-state index < -0.39 is 0 Å². The Labute approximate surface area is 789 Å². The number of carbonyl (C=O) groups is 2. The molecule has 0 saturated heterocycles. The molecule has 2 aliphatic heterocycles. The number of allylic oxidation sites excluding steroid dienone is 2. The molecule has 0 aliphatic carbocycles. The van der Waals surface area contributed by atoms with Crippen molar-refractivity contribution >= 4 is 34.6 Å². The first-order valence-electron chi connectivity index (χ1n) is 39.3. The molecule has 20 nitrogen and oxygen atoms in total. The summed E-state index contributed by atoms with van der Waals surface area (Å²) in [5.74, 6) is -0.567. The molecule has 648 valence electrons. The molecule has 0 unspecified atom stereocenters. The molecule has 2 amide bonds. The van der Waals surface area contributed by atoms with Crippen LogP contribution in [-0.2, 0) is 97.1 Å². The van der Waals surface area contributed by atoms with Crippen LogP contribution in [0.4, 0.5) is 15.8 Å². The molecule has 0 atom stereocenters. The van der Waals surface area contributed by atoms with E-state index >= 15 is 0 Å². The van der Waals surface area contributed by atoms with Gasteiger partial charge in [0.2, 0.25) is 0 Å². The van der Waals surface area contributed by atoms with Crippen molar-refractivity contribution in [2.45, 2.75) is 68.2 Å². The molecule has 126 heavy (non-hydrogen) atoms. The monoisotopic (exact) mass is 2380 g/mol. The van der Waals surface area contributed by atoms with E-state index in [0.717, 1.165) is 79.2 Å². The van der Waals surface area contributed by atoms with E-state index in [0.29, 0.717) is 46.8 Å². The number of pyridine rings is 4. The predicted octanol–water partition coefficient (Wildman–Crippen LogP) is 20.9. The van der Waals surface area contributed by atoms with Crippen LogP contribution in [0.2, 0.25) is 0 Å². The Balaban J connectivity index is 0.000000198. The van der Waals surface area contributed by atoms with Crippen molar-refractivity contribution in [1.82, 2.24) is 54.9 Å². The number of hydrogen-bond acceptors (Lipinski definition) is 13. The summed E-state index contributed by atoms with van der Waals surface area (Å²) >= 11 is 0. The second kappa shape index (κ2) is 50.8. The maximum atomic E-state index is 12.7. The molecule has 2 aliphatic rings. The van der Waals surface area contributed by atoms with Crippen LogP contribution in [0, 0.1) is 40.9 Å². The number of carbonyl (C=O) groups excluding carboxylic acids is 2. The van der Waals surface area contributed by atoms with Gasteiger partial charge in [0.25, 0.3) is 11.8 Å². The molecule has 16 aromatic rings. The molecular weight excluding hydrogens is 2290 g/mol. The maximum absolute atomic E-state index is 12.7. The van der Waals surface area contributed by atoms with Crippen molar-refractivity contribution in [1.29, 1.82) is 0 Å². The van der Waals surface area contributed by atoms with E-state index in [-0.39, 0.29) is 120 Å². The first-order valence-corrected chi connectivity index (χ1v) is 39.3. The maximum Gasteiger partial charge on any atom is 0.284 e. The van der Waals surface area contributed by atoms with Crippen molar-refractivity contribution in [2.75, 3.05) is 10.0 Å². The van der Waals surface area contributed by atoms with Gasteiger partial charge in [-0.05, 0) is 138 Å². The SMILES string of the molecule is CC1=NN(c2ccccc2)C(=O)C1=C(O)CC(C)(C)C.CC1=NN(c2ccccc2)C(=O)C1=C(O)CC(C)(C)C.C[n+]1ccccc1-c1[c-]cc(F)cc1.[Ir].[Ir].[Ir].[Ir].[c-]1ccccc1-c1ccccn1.[c-]1ccccc1-n1cccn1.[c-]1ccccc1-n1cccn1.c1ccc(-c2cc(-c3ccccn3)[n-]n2)cc1.c1ccc(-c2cc(-c3ccccn3)[n-]n2)cc1. The largest absolute Gasteiger partial charge is 0.573 e. The number of hydrazone groups is 2. The third-order valence-electron chi connectivity index (χ3n) is 17.7. The number of anilines is 2. The molecule has 0 spiro atoms. The van der Waals surface area contributed by atoms with Gasteiger partial charge in [-0.15, -0.1) is 72.3 Å². The molecular formula is C101H92FIr4N16O4-5. The van der Waals surface area contributed by atoms with Crippen LogP contribution in [0.25, 0.3) is 79.2 Å². The minimum atomic E-state index is -0.268. The Bertz CT molecular complexity index is 5560. The van der Waals surface area contributed by atoms with Gasteiger partial charge < -0.3 is 35.6 Å². The number of aromatic nitrogens is 12. The van der Waals surface area contributed by atoms with Gasteiger partial charge in [0, 0.05) is 171 Å². The molecule has 8 aromatic carbocycles. The molecule has 8 aromatic heterocycles. The molecule has 2 N–H and O–H groups in total. The summed E-state index contributed by atoms with van der Waals surface area (Å²) in [6.07, 6.45) is 15.4. The third-order valence-corrected chi connectivity index (χ3v) is 17.7. The number of aliphatic hydroxyl groups is 2. The van der Waals surface area contributed by atoms with Crippen molar-refractivity contribution in [3.05, 3.63) is 412 Å². The van der Waals surface area contributed by atoms with Crippen molar-refractivity contribution in [2.24, 2.45) is 28.1 Å². The predicted molar refractivity (Wildman–Crippen MR) is 479 cm³/mol. The fourth-order valence-electron chi connectivity index (χ4n) is 12.0. The Morgan fingerprint density at radius 1 is 0.413 bits per heavy atom. The number of rotatable bonds is 12. The van der Waals surface area contributed by atoms with Gasteiger partial charge >= 0.3 is 0 Å². The van der Waals surface area contributed by atoms with E-state index in [1.54, 1.807) is 60.3 Å². The molecule has 0 bridgehead atoms. The zero-order valence-electron chi connectivity index (χ0n) is 70.6. The van der Waals surface area contributed by atoms with Crippen LogP contribution in [0.5, 0.6) is 0 Å². The van der Waals surface area contributed by atoms with Crippen molar-refractivity contribution < 1.29 is 109 Å². The summed E-state index contributed by atoms with van der Waals surface area (Å²) in [5, 5.41) is 56.5. The third kappa shape index (κ3) is 30.5. The van der Waals surface area contributed by atoms with Crippen LogP contribution in [-0.4, -0.2) is 78.2 Å². The van der Waals surface area contributed by atoms with Crippen LogP contribution < -0.4 is 24.8 Å². The van der Waals surface area contributed by atoms with E-state index in [9.17, 15) is 24.2 Å². The van der Waals surface area contributed by atoms with E-state index in [2.05, 4.69) is 80.0 Å². The molecule has 4 radical (unpaired) electrons. The molecule has 18 rings (SSSR count). The van der Waals surface area contributed by atoms with E-state index in [4.69, 9.17) is 0 Å². The first-order chi connectivity index (χ1) is 59.1. The van der Waals surface area contributed by atoms with Gasteiger partial charge in [-0.3, -0.25) is 33.3 Å². The second-order valence-corrected chi connectivity index (χ2v) is 29.8. The van der Waals surface area contributed by atoms with Gasteiger partial charge in [0.15, 0.2) is 6.20 Å². The summed E-state index contributed by atoms with van der Waals surface area (Å²) in [6.45, 7) is 15.6. The Morgan fingerprint density at radius 2 is 0.802 bits per heavy atom. The summed E-state index contributed by atoms with van der Waals surface area (Å²) < 4.78 is 18.2. The number of benzene rings is 8. The molecule has 25 heteroatoms. The van der Waals surface area contributed by atoms with Crippen LogP contribution in [0.3, 0.4) is 0 Å². The number of amides is 2. The van der Waals surface area contributed by atoms with Crippen LogP contribution >= 0.6 is 0 Å². The molecule has 0 saturated carbocycles. The number of hydrogen-bond donors (Lipinski definition) is 2. The smallest absolute Gasteiger partial charge is 0.284 e. The van der Waals surface area contributed by atoms with Gasteiger partial charge in [-0.25, -0.2) is 4.57 Å². The fourth-order valence-corrected chi connectivity index (χ4v) is 12.0. The molecule has 10 heterocycles. The first kappa shape index (κ1) is 100. The minimum Gasteiger partial charge on any atom is -0.573 e. The van der Waals surface area contributed by atoms with E-state index in [1.165, 1.54) is 22.2 Å². The summed E-state index contributed by atoms with van der Waals surface area (Å²) in [5.41, 5.74) is 16.1. The quantitative estimate of drug-likeness (QED) is 0.0501. The van der Waals surface area contributed by atoms with Crippen molar-refractivity contribution in [3.8, 4) is 79.2 Å². The summed E-state index contributed by atoms with van der Waals surface area (Å²) in [7, 11) is 1.95. The Kier molecular flexibility index (Phi) is 40.4. The fraction of sp³-hybridized carbons (Fsp3) is 0.129. The van der Waals surface area contributed by atoms with Gasteiger partial charge in [0.1, 0.15) is 35.4 Å². The normalized spacial score (nSPS) is 12.4. The minimum absolute atomic E-state index is 0. The summed E-state index contributed by atoms with van der Waals surface area (Å²) in [4.78, 5) is 37.6. The van der Waals surface area contributed by atoms with Gasteiger partial charge in [-0.1, -0.05) is 186 Å². The van der Waals surface area contributed by atoms with Crippen LogP contribution in [0.15, 0.2) is 392 Å². The zero-order valence-corrected chi connectivity index (χ0v) is 80.1. The number of para-hydroxylation sites is 4. The number of aryl methyl sites for hydroxylation is 1. The number of aliphatic hydroxyl groups excluding tert-OH is 2. The molecule has 0 fully saturated rings. The van der Waals surface area contributed by atoms with Crippen molar-refractivity contribution in [3.63, 3.8) is 0 Å². The topological polar surface area (TPSA) is 238 Å². The summed E-state index contributed by atoms with van der Waals surface area (Å²) in [6, 6.07) is 109. The number of halogens is 1. The van der Waals surface area contributed by atoms with Gasteiger partial charge in [0.05, 0.1) is 22.8 Å². The van der Waals surface area contributed by atoms with E-state index in [1.807, 2.05) is 363 Å². The standard InChI is InChI=1S/2C16H20N2O2.2C14H10N3.C12H10FN.C11H8N.2C9H7N2.4Ir/c2*1-11-14(13(19)10-16(2,3)4)15(20)18(17-11)12-8-6-5-7-9-12;2*1-2-6-11(7-3-1)13-10-14(17-16-13)12-8-4-5-9-15-12;1-14-9-3-2-4-12(14)10-5-7-11(13)8-6-10;1-2-6-10(7-3-1)11-8-4-5-9-12-11;2*1-2-5-9(6-3-1)11-8-4-7-10-11;;;;/h2*5-9,19H,10H2,1-4H3;2*1-10H;2-5,7-9H,1H3;1-6,8-9H;2*1-5,7-8H;;;;/q;;2*-1;;3*-1;;;;. The average Bonchev–Trinajstić information content (AvgIpc) is 1.64. The van der Waals surface area contributed by atoms with Crippen LogP contribution in [0.1, 0.15) is 68.2 Å². The van der Waals surface area contributed by atoms with Gasteiger partial charge in [-0.2, -0.15) is 78.9 Å². The Hall–Kier alpha value is -12.9.